The summed E-state index contributed by atoms with van der Waals surface area (Å²) in [6.45, 7) is 0. The van der Waals surface area contributed by atoms with Crippen LogP contribution in [0.1, 0.15) is 10.4 Å². The van der Waals surface area contributed by atoms with E-state index in [-0.39, 0.29) is 17.1 Å². The van der Waals surface area contributed by atoms with E-state index in [0.717, 1.165) is 15.8 Å². The Morgan fingerprint density at radius 2 is 2.00 bits per heavy atom. The van der Waals surface area contributed by atoms with E-state index in [9.17, 15) is 14.9 Å². The number of hydrogen-bond acceptors (Lipinski definition) is 5. The average Bonchev–Trinajstić information content (AvgIpc) is 2.41. The Balaban J connectivity index is 2.38. The lowest BCUT2D eigenvalue weighted by Crippen LogP contribution is -2.06. The Morgan fingerprint density at radius 1 is 1.35 bits per heavy atom. The minimum atomic E-state index is -1.28. The van der Waals surface area contributed by atoms with Gasteiger partial charge >= 0.3 is 5.97 Å². The number of halogens is 1. The van der Waals surface area contributed by atoms with Crippen LogP contribution in [0.5, 0.6) is 0 Å². The fourth-order valence-corrected chi connectivity index (χ4v) is 1.85. The summed E-state index contributed by atoms with van der Waals surface area (Å²) in [5, 5.41) is 22.6. The molecular formula is C12H8IN3O4. The molecule has 2 N–H and O–H groups in total. The molecule has 0 aliphatic rings. The first-order valence-electron chi connectivity index (χ1n) is 5.37. The molecule has 1 aromatic heterocycles. The second-order valence-electron chi connectivity index (χ2n) is 3.78. The Kier molecular flexibility index (Phi) is 4.13. The minimum Gasteiger partial charge on any atom is -0.478 e. The van der Waals surface area contributed by atoms with Crippen molar-refractivity contribution in [3.8, 4) is 0 Å². The molecule has 0 atom stereocenters. The molecule has 8 heteroatoms. The van der Waals surface area contributed by atoms with Crippen LogP contribution in [0.25, 0.3) is 0 Å². The smallest absolute Gasteiger partial charge is 0.339 e. The summed E-state index contributed by atoms with van der Waals surface area (Å²) in [4.78, 5) is 24.9. The molecule has 0 unspecified atom stereocenters. The van der Waals surface area contributed by atoms with Gasteiger partial charge in [-0.25, -0.2) is 9.78 Å². The van der Waals surface area contributed by atoms with Gasteiger partial charge in [0.15, 0.2) is 0 Å². The van der Waals surface area contributed by atoms with Crippen LogP contribution < -0.4 is 5.32 Å². The van der Waals surface area contributed by atoms with Crippen LogP contribution in [0.2, 0.25) is 0 Å². The fraction of sp³-hybridized carbons (Fsp3) is 0. The molecule has 0 amide bonds. The Morgan fingerprint density at radius 3 is 2.55 bits per heavy atom. The van der Waals surface area contributed by atoms with Gasteiger partial charge in [-0.15, -0.1) is 0 Å². The largest absolute Gasteiger partial charge is 0.478 e. The summed E-state index contributed by atoms with van der Waals surface area (Å²) in [5.74, 6) is -1.22. The fourth-order valence-electron chi connectivity index (χ4n) is 1.49. The van der Waals surface area contributed by atoms with Crippen molar-refractivity contribution in [3.05, 3.63) is 55.8 Å². The molecule has 2 aromatic rings. The van der Waals surface area contributed by atoms with Gasteiger partial charge in [-0.2, -0.15) is 0 Å². The molecule has 20 heavy (non-hydrogen) atoms. The number of benzene rings is 1. The molecule has 0 aliphatic heterocycles. The lowest BCUT2D eigenvalue weighted by atomic mass is 10.2. The molecule has 0 bridgehead atoms. The molecule has 0 spiro atoms. The van der Waals surface area contributed by atoms with Gasteiger partial charge < -0.3 is 10.4 Å². The molecule has 1 heterocycles. The number of carbonyl (C=O) groups is 1. The molecule has 0 fully saturated rings. The van der Waals surface area contributed by atoms with Gasteiger partial charge in [0.05, 0.1) is 4.92 Å². The van der Waals surface area contributed by atoms with E-state index in [0.29, 0.717) is 5.69 Å². The molecule has 0 saturated heterocycles. The highest BCUT2D eigenvalue weighted by Crippen LogP contribution is 2.23. The number of anilines is 2. The third-order valence-electron chi connectivity index (χ3n) is 2.42. The highest BCUT2D eigenvalue weighted by Gasteiger charge is 2.17. The van der Waals surface area contributed by atoms with Crippen LogP contribution in [-0.4, -0.2) is 21.0 Å². The number of aromatic carboxylic acids is 1. The first-order chi connectivity index (χ1) is 9.47. The minimum absolute atomic E-state index is 0.0595. The van der Waals surface area contributed by atoms with Crippen molar-refractivity contribution in [3.63, 3.8) is 0 Å². The highest BCUT2D eigenvalue weighted by atomic mass is 127. The van der Waals surface area contributed by atoms with E-state index < -0.39 is 10.9 Å². The molecular weight excluding hydrogens is 377 g/mol. The van der Waals surface area contributed by atoms with Gasteiger partial charge in [-0.3, -0.25) is 10.1 Å². The summed E-state index contributed by atoms with van der Waals surface area (Å²) in [7, 11) is 0. The Labute approximate surface area is 126 Å². The molecule has 0 aliphatic carbocycles. The second-order valence-corrected chi connectivity index (χ2v) is 5.03. The van der Waals surface area contributed by atoms with E-state index in [1.165, 1.54) is 0 Å². The highest BCUT2D eigenvalue weighted by molar-refractivity contribution is 14.1. The quantitative estimate of drug-likeness (QED) is 0.476. The number of pyridine rings is 1. The maximum Gasteiger partial charge on any atom is 0.339 e. The van der Waals surface area contributed by atoms with Crippen molar-refractivity contribution >= 4 is 45.8 Å². The maximum atomic E-state index is 11.1. The zero-order valence-corrected chi connectivity index (χ0v) is 12.1. The molecule has 0 saturated carbocycles. The van der Waals surface area contributed by atoms with Gasteiger partial charge in [0.1, 0.15) is 17.6 Å². The van der Waals surface area contributed by atoms with Crippen LogP contribution in [0.15, 0.2) is 36.5 Å². The summed E-state index contributed by atoms with van der Waals surface area (Å²) in [6.07, 6.45) is 1.02. The number of aromatic nitrogens is 1. The lowest BCUT2D eigenvalue weighted by Gasteiger charge is -2.08. The van der Waals surface area contributed by atoms with Crippen LogP contribution in [0.3, 0.4) is 0 Å². The van der Waals surface area contributed by atoms with E-state index >= 15 is 0 Å². The van der Waals surface area contributed by atoms with Gasteiger partial charge in [-0.1, -0.05) is 0 Å². The number of nitrogens with one attached hydrogen (secondary N) is 1. The third kappa shape index (κ3) is 3.20. The normalized spacial score (nSPS) is 10.1. The summed E-state index contributed by atoms with van der Waals surface area (Å²) >= 11 is 2.14. The summed E-state index contributed by atoms with van der Waals surface area (Å²) in [5.41, 5.74) is 0.0302. The number of hydrogen-bond donors (Lipinski definition) is 2. The van der Waals surface area contributed by atoms with Gasteiger partial charge in [-0.05, 0) is 46.9 Å². The van der Waals surface area contributed by atoms with Crippen molar-refractivity contribution < 1.29 is 14.8 Å². The van der Waals surface area contributed by atoms with Crippen molar-refractivity contribution in [2.24, 2.45) is 0 Å². The molecule has 2 rings (SSSR count). The predicted octanol–water partition coefficient (Wildman–Crippen LogP) is 3.04. The van der Waals surface area contributed by atoms with Gasteiger partial charge in [0.2, 0.25) is 0 Å². The number of carboxylic acid groups (broad SMARTS) is 1. The SMILES string of the molecule is O=C(O)c1cc([N+](=O)[O-])cnc1Nc1ccc(I)cc1. The van der Waals surface area contributed by atoms with Crippen LogP contribution >= 0.6 is 22.6 Å². The van der Waals surface area contributed by atoms with Crippen LogP contribution in [0, 0.1) is 13.7 Å². The zero-order valence-electron chi connectivity index (χ0n) is 9.91. The standard InChI is InChI=1S/C12H8IN3O4/c13-7-1-3-8(4-2-7)15-11-10(12(17)18)5-9(6-14-11)16(19)20/h1-6H,(H,14,15)(H,17,18). The number of nitro groups is 1. The lowest BCUT2D eigenvalue weighted by molar-refractivity contribution is -0.385. The third-order valence-corrected chi connectivity index (χ3v) is 3.14. The van der Waals surface area contributed by atoms with Crippen molar-refractivity contribution in [1.29, 1.82) is 0 Å². The Bertz CT molecular complexity index is 673. The van der Waals surface area contributed by atoms with Crippen LogP contribution in [-0.2, 0) is 0 Å². The maximum absolute atomic E-state index is 11.1. The molecule has 102 valence electrons. The van der Waals surface area contributed by atoms with Crippen molar-refractivity contribution in [2.75, 3.05) is 5.32 Å². The second kappa shape index (κ2) is 5.82. The summed E-state index contributed by atoms with van der Waals surface area (Å²) < 4.78 is 1.03. The Hall–Kier alpha value is -2.23. The number of carboxylic acids is 1. The van der Waals surface area contributed by atoms with Gasteiger partial charge in [0, 0.05) is 15.3 Å². The molecule has 1 aromatic carbocycles. The average molecular weight is 385 g/mol. The van der Waals surface area contributed by atoms with Crippen LogP contribution in [0.4, 0.5) is 17.2 Å². The van der Waals surface area contributed by atoms with E-state index in [1.54, 1.807) is 12.1 Å². The zero-order chi connectivity index (χ0) is 14.7. The predicted molar refractivity (Wildman–Crippen MR) is 80.3 cm³/mol. The number of nitrogens with zero attached hydrogens (tertiary/aromatic N) is 2. The first kappa shape index (κ1) is 14.2. The first-order valence-corrected chi connectivity index (χ1v) is 6.45. The van der Waals surface area contributed by atoms with E-state index in [2.05, 4.69) is 32.9 Å². The van der Waals surface area contributed by atoms with E-state index in [1.807, 2.05) is 12.1 Å². The summed E-state index contributed by atoms with van der Waals surface area (Å²) in [6, 6.07) is 8.18. The van der Waals surface area contributed by atoms with Gasteiger partial charge in [0.25, 0.3) is 5.69 Å². The molecule has 0 radical (unpaired) electrons. The van der Waals surface area contributed by atoms with E-state index in [4.69, 9.17) is 5.11 Å². The van der Waals surface area contributed by atoms with Crippen molar-refractivity contribution in [1.82, 2.24) is 4.98 Å². The number of rotatable bonds is 4. The topological polar surface area (TPSA) is 105 Å². The van der Waals surface area contributed by atoms with Crippen molar-refractivity contribution in [2.45, 2.75) is 0 Å². The monoisotopic (exact) mass is 385 g/mol. The molecule has 7 nitrogen and oxygen atoms in total.